The monoisotopic (exact) mass is 502 g/mol. The third-order valence-electron chi connectivity index (χ3n) is 8.10. The third kappa shape index (κ3) is 4.83. The Bertz CT molecular complexity index is 1230. The maximum absolute atomic E-state index is 5.00. The van der Waals surface area contributed by atoms with Crippen molar-refractivity contribution in [2.75, 3.05) is 47.8 Å². The molecule has 0 amide bonds. The van der Waals surface area contributed by atoms with Crippen molar-refractivity contribution in [2.45, 2.75) is 78.3 Å². The van der Waals surface area contributed by atoms with Crippen LogP contribution in [0, 0.1) is 0 Å². The van der Waals surface area contributed by atoms with Crippen LogP contribution in [-0.2, 0) is 0 Å². The van der Waals surface area contributed by atoms with Crippen LogP contribution in [0.4, 0.5) is 23.4 Å². The van der Waals surface area contributed by atoms with Crippen molar-refractivity contribution in [1.82, 2.24) is 24.8 Å². The largest absolute Gasteiger partial charge is 0.348 e. The molecule has 37 heavy (non-hydrogen) atoms. The van der Waals surface area contributed by atoms with Crippen LogP contribution in [0.5, 0.6) is 0 Å². The second-order valence-electron chi connectivity index (χ2n) is 11.2. The number of pyridine rings is 2. The summed E-state index contributed by atoms with van der Waals surface area (Å²) in [5.74, 6) is 3.76. The minimum Gasteiger partial charge on any atom is -0.348 e. The van der Waals surface area contributed by atoms with E-state index in [2.05, 4.69) is 78.8 Å². The molecule has 1 spiro atoms. The molecule has 2 aliphatic heterocycles. The van der Waals surface area contributed by atoms with Gasteiger partial charge >= 0.3 is 0 Å². The molecule has 2 fully saturated rings. The predicted molar refractivity (Wildman–Crippen MR) is 153 cm³/mol. The lowest BCUT2D eigenvalue weighted by Gasteiger charge is -2.64. The number of hydrogen-bond donors (Lipinski definition) is 1. The van der Waals surface area contributed by atoms with Crippen LogP contribution in [0.25, 0.3) is 10.8 Å². The molecular formula is C29H42N8. The molecule has 198 valence electrons. The first-order valence-corrected chi connectivity index (χ1v) is 14.0. The Morgan fingerprint density at radius 2 is 1.84 bits per heavy atom. The molecule has 0 atom stereocenters. The van der Waals surface area contributed by atoms with Crippen LogP contribution in [0.15, 0.2) is 30.7 Å². The van der Waals surface area contributed by atoms with Gasteiger partial charge in [0.25, 0.3) is 0 Å². The van der Waals surface area contributed by atoms with Crippen LogP contribution in [0.2, 0.25) is 0 Å². The summed E-state index contributed by atoms with van der Waals surface area (Å²) >= 11 is 0. The zero-order valence-electron chi connectivity index (χ0n) is 23.3. The average molecular weight is 503 g/mol. The first-order chi connectivity index (χ1) is 17.8. The van der Waals surface area contributed by atoms with Gasteiger partial charge in [-0.15, -0.1) is 0 Å². The van der Waals surface area contributed by atoms with Crippen LogP contribution in [-0.4, -0.2) is 69.1 Å². The highest BCUT2D eigenvalue weighted by Gasteiger charge is 2.54. The highest BCUT2D eigenvalue weighted by Crippen LogP contribution is 2.45. The fourth-order valence-corrected chi connectivity index (χ4v) is 5.61. The minimum absolute atomic E-state index is 0.237. The lowest BCUT2D eigenvalue weighted by molar-refractivity contribution is 0.00197. The lowest BCUT2D eigenvalue weighted by Crippen LogP contribution is -2.78. The number of anilines is 4. The second-order valence-corrected chi connectivity index (χ2v) is 11.2. The summed E-state index contributed by atoms with van der Waals surface area (Å²) in [6, 6.07) is 4.67. The fourth-order valence-electron chi connectivity index (χ4n) is 5.61. The topological polar surface area (TPSA) is 73.3 Å². The van der Waals surface area contributed by atoms with Gasteiger partial charge in [-0.25, -0.2) is 15.0 Å². The zero-order chi connectivity index (χ0) is 26.2. The first-order valence-electron chi connectivity index (χ1n) is 14.0. The smallest absolute Gasteiger partial charge is 0.227 e. The van der Waals surface area contributed by atoms with Gasteiger partial charge in [0.15, 0.2) is 0 Å². The summed E-state index contributed by atoms with van der Waals surface area (Å²) in [7, 11) is 0. The normalized spacial score (nSPS) is 16.9. The number of likely N-dealkylation sites (tertiary alicyclic amines) is 1. The minimum atomic E-state index is 0.237. The molecule has 0 bridgehead atoms. The standard InChI is InChI=1S/C29H42N8/c1-7-9-13-35(8-2)28-30-12-10-25(34-28)33-26-15-22-23(20(3)4)16-32-27(24(22)17-31-26)37-14-11-29(37)18-36(19-29)21(5)6/h10,12,15-17,20-21H,7-9,11,13-14,18-19H2,1-6H3,(H,30,31,33,34). The quantitative estimate of drug-likeness (QED) is 0.385. The fraction of sp³-hybridized carbons (Fsp3) is 0.586. The molecule has 5 heterocycles. The van der Waals surface area contributed by atoms with Crippen LogP contribution in [0.1, 0.15) is 72.3 Å². The SMILES string of the molecule is CCCCN(CC)c1nccc(Nc2cc3c(C(C)C)cnc(N4CCC45CN(C(C)C)C5)c3cn2)n1. The Morgan fingerprint density at radius 1 is 1.03 bits per heavy atom. The average Bonchev–Trinajstić information content (AvgIpc) is 2.83. The first kappa shape index (κ1) is 25.6. The summed E-state index contributed by atoms with van der Waals surface area (Å²) in [5, 5.41) is 5.79. The van der Waals surface area contributed by atoms with Gasteiger partial charge in [0.1, 0.15) is 17.5 Å². The molecule has 8 heteroatoms. The molecular weight excluding hydrogens is 460 g/mol. The van der Waals surface area contributed by atoms with Crippen molar-refractivity contribution in [3.8, 4) is 0 Å². The number of fused-ring (bicyclic) bond motifs is 1. The van der Waals surface area contributed by atoms with Crippen molar-refractivity contribution in [3.63, 3.8) is 0 Å². The second kappa shape index (κ2) is 10.4. The van der Waals surface area contributed by atoms with Gasteiger partial charge in [0.2, 0.25) is 5.95 Å². The number of aromatic nitrogens is 4. The van der Waals surface area contributed by atoms with E-state index in [4.69, 9.17) is 15.0 Å². The van der Waals surface area contributed by atoms with E-state index in [0.29, 0.717) is 12.0 Å². The maximum atomic E-state index is 5.00. The van der Waals surface area contributed by atoms with E-state index in [1.807, 2.05) is 18.5 Å². The van der Waals surface area contributed by atoms with E-state index in [1.165, 1.54) is 17.4 Å². The van der Waals surface area contributed by atoms with E-state index >= 15 is 0 Å². The van der Waals surface area contributed by atoms with Crippen LogP contribution >= 0.6 is 0 Å². The van der Waals surface area contributed by atoms with Gasteiger partial charge in [-0.3, -0.25) is 4.90 Å². The number of hydrogen-bond acceptors (Lipinski definition) is 8. The summed E-state index contributed by atoms with van der Waals surface area (Å²) in [4.78, 5) is 26.4. The molecule has 2 saturated heterocycles. The summed E-state index contributed by atoms with van der Waals surface area (Å²) < 4.78 is 0. The third-order valence-corrected chi connectivity index (χ3v) is 8.10. The molecule has 8 nitrogen and oxygen atoms in total. The van der Waals surface area contributed by atoms with E-state index in [1.54, 1.807) is 0 Å². The van der Waals surface area contributed by atoms with Crippen LogP contribution in [0.3, 0.4) is 0 Å². The number of nitrogens with one attached hydrogen (secondary N) is 1. The number of rotatable bonds is 10. The van der Waals surface area contributed by atoms with E-state index in [-0.39, 0.29) is 5.54 Å². The van der Waals surface area contributed by atoms with Gasteiger partial charge in [0.05, 0.1) is 5.54 Å². The predicted octanol–water partition coefficient (Wildman–Crippen LogP) is 5.59. The zero-order valence-corrected chi connectivity index (χ0v) is 23.3. The molecule has 0 aliphatic carbocycles. The Morgan fingerprint density at radius 3 is 2.49 bits per heavy atom. The molecule has 1 N–H and O–H groups in total. The summed E-state index contributed by atoms with van der Waals surface area (Å²) in [5.41, 5.74) is 1.48. The van der Waals surface area contributed by atoms with E-state index in [0.717, 1.165) is 74.4 Å². The Hall–Kier alpha value is -3.00. The van der Waals surface area contributed by atoms with Crippen molar-refractivity contribution < 1.29 is 0 Å². The van der Waals surface area contributed by atoms with Gasteiger partial charge < -0.3 is 15.1 Å². The van der Waals surface area contributed by atoms with Gasteiger partial charge in [-0.2, -0.15) is 4.98 Å². The van der Waals surface area contributed by atoms with Gasteiger partial charge in [0, 0.05) is 62.7 Å². The molecule has 0 radical (unpaired) electrons. The Labute approximate surface area is 221 Å². The molecule has 0 saturated carbocycles. The van der Waals surface area contributed by atoms with Gasteiger partial charge in [-0.05, 0) is 62.6 Å². The van der Waals surface area contributed by atoms with Crippen molar-refractivity contribution in [1.29, 1.82) is 0 Å². The van der Waals surface area contributed by atoms with Gasteiger partial charge in [-0.1, -0.05) is 27.2 Å². The summed E-state index contributed by atoms with van der Waals surface area (Å²) in [6.45, 7) is 18.5. The van der Waals surface area contributed by atoms with E-state index in [9.17, 15) is 0 Å². The van der Waals surface area contributed by atoms with Crippen molar-refractivity contribution in [2.24, 2.45) is 0 Å². The molecule has 3 aromatic rings. The number of unbranched alkanes of at least 4 members (excludes halogenated alkanes) is 1. The highest BCUT2D eigenvalue weighted by molar-refractivity contribution is 5.96. The molecule has 5 rings (SSSR count). The number of nitrogens with zero attached hydrogens (tertiary/aromatic N) is 7. The lowest BCUT2D eigenvalue weighted by atomic mass is 9.76. The Kier molecular flexibility index (Phi) is 7.21. The van der Waals surface area contributed by atoms with E-state index < -0.39 is 0 Å². The Balaban J connectivity index is 1.44. The molecule has 2 aliphatic rings. The molecule has 3 aromatic heterocycles. The molecule has 0 unspecified atom stereocenters. The summed E-state index contributed by atoms with van der Waals surface area (Å²) in [6.07, 6.45) is 9.42. The van der Waals surface area contributed by atoms with Crippen LogP contribution < -0.4 is 15.1 Å². The maximum Gasteiger partial charge on any atom is 0.227 e. The molecule has 0 aromatic carbocycles. The van der Waals surface area contributed by atoms with Crippen molar-refractivity contribution >= 4 is 34.2 Å². The highest BCUT2D eigenvalue weighted by atomic mass is 15.4. The van der Waals surface area contributed by atoms with Crippen molar-refractivity contribution in [3.05, 3.63) is 36.3 Å².